The molecule has 21 heavy (non-hydrogen) atoms. The molecule has 0 aliphatic heterocycles. The fraction of sp³-hybridized carbons (Fsp3) is 0.133. The summed E-state index contributed by atoms with van der Waals surface area (Å²) in [6.45, 7) is 2.75. The minimum absolute atomic E-state index is 0.516. The van der Waals surface area contributed by atoms with E-state index in [0.29, 0.717) is 12.4 Å². The first-order valence-electron chi connectivity index (χ1n) is 6.43. The normalized spacial score (nSPS) is 10.6. The lowest BCUT2D eigenvalue weighted by Gasteiger charge is -2.10. The Morgan fingerprint density at radius 3 is 2.90 bits per heavy atom. The fourth-order valence-electron chi connectivity index (χ4n) is 1.99. The molecular weight excluding hydrogens is 332 g/mol. The number of aromatic nitrogens is 3. The molecular formula is C15H13BrN4O. The molecule has 5 nitrogen and oxygen atoms in total. The third kappa shape index (κ3) is 3.28. The lowest BCUT2D eigenvalue weighted by atomic mass is 10.1. The highest BCUT2D eigenvalue weighted by Gasteiger charge is 2.06. The van der Waals surface area contributed by atoms with E-state index in [0.717, 1.165) is 26.9 Å². The summed E-state index contributed by atoms with van der Waals surface area (Å²) < 4.78 is 6.20. The van der Waals surface area contributed by atoms with Crippen LogP contribution in [0.2, 0.25) is 0 Å². The van der Waals surface area contributed by atoms with Crippen molar-refractivity contribution in [1.82, 2.24) is 15.2 Å². The lowest BCUT2D eigenvalue weighted by Crippen LogP contribution is -2.01. The summed E-state index contributed by atoms with van der Waals surface area (Å²) in [4.78, 5) is 4.16. The number of nitrogens with zero attached hydrogens (tertiary/aromatic N) is 3. The Balaban J connectivity index is 1.80. The number of hydrogen-bond acceptors (Lipinski definition) is 5. The van der Waals surface area contributed by atoms with Gasteiger partial charge in [0.25, 0.3) is 0 Å². The van der Waals surface area contributed by atoms with E-state index >= 15 is 0 Å². The summed E-state index contributed by atoms with van der Waals surface area (Å²) >= 11 is 3.42. The summed E-state index contributed by atoms with van der Waals surface area (Å²) in [5.41, 5.74) is 4.19. The molecule has 0 aliphatic rings. The Morgan fingerprint density at radius 2 is 2.14 bits per heavy atom. The molecule has 0 fully saturated rings. The van der Waals surface area contributed by atoms with E-state index in [4.69, 9.17) is 4.42 Å². The Bertz CT molecular complexity index is 743. The van der Waals surface area contributed by atoms with Crippen LogP contribution in [0.15, 0.2) is 51.9 Å². The van der Waals surface area contributed by atoms with Crippen LogP contribution in [0.1, 0.15) is 11.1 Å². The number of benzene rings is 1. The van der Waals surface area contributed by atoms with Crippen molar-refractivity contribution in [3.63, 3.8) is 0 Å². The average Bonchev–Trinajstić information content (AvgIpc) is 3.01. The van der Waals surface area contributed by atoms with Crippen molar-refractivity contribution in [3.05, 3.63) is 58.7 Å². The molecule has 1 N–H and O–H groups in total. The van der Waals surface area contributed by atoms with E-state index in [1.807, 2.05) is 30.5 Å². The third-order valence-electron chi connectivity index (χ3n) is 3.09. The number of rotatable bonds is 4. The number of aryl methyl sites for hydroxylation is 1. The van der Waals surface area contributed by atoms with E-state index < -0.39 is 0 Å². The molecule has 0 saturated carbocycles. The molecule has 1 aromatic carbocycles. The Kier molecular flexibility index (Phi) is 3.96. The number of hydrogen-bond donors (Lipinski definition) is 1. The molecule has 0 unspecified atom stereocenters. The van der Waals surface area contributed by atoms with Crippen LogP contribution in [0.5, 0.6) is 0 Å². The topological polar surface area (TPSA) is 63.8 Å². The quantitative estimate of drug-likeness (QED) is 0.779. The van der Waals surface area contributed by atoms with Gasteiger partial charge in [-0.15, -0.1) is 10.2 Å². The fourth-order valence-corrected chi connectivity index (χ4v) is 2.41. The van der Waals surface area contributed by atoms with Gasteiger partial charge in [0.15, 0.2) is 0 Å². The molecule has 3 rings (SSSR count). The zero-order valence-electron chi connectivity index (χ0n) is 11.4. The van der Waals surface area contributed by atoms with Crippen LogP contribution in [0, 0.1) is 6.92 Å². The standard InChI is InChI=1S/C15H13BrN4O/c1-10-2-3-12(15-20-19-9-21-15)5-14(10)18-7-11-4-13(16)8-17-6-11/h2-6,8-9,18H,7H2,1H3. The number of nitrogens with one attached hydrogen (secondary N) is 1. The molecule has 3 aromatic rings. The van der Waals surface area contributed by atoms with Crippen LogP contribution in [0.25, 0.3) is 11.5 Å². The molecule has 0 atom stereocenters. The van der Waals surface area contributed by atoms with Crippen molar-refractivity contribution in [2.45, 2.75) is 13.5 Å². The van der Waals surface area contributed by atoms with Crippen LogP contribution in [0.4, 0.5) is 5.69 Å². The summed E-state index contributed by atoms with van der Waals surface area (Å²) in [5.74, 6) is 0.516. The van der Waals surface area contributed by atoms with Crippen molar-refractivity contribution in [2.75, 3.05) is 5.32 Å². The van der Waals surface area contributed by atoms with Gasteiger partial charge in [0.2, 0.25) is 12.3 Å². The number of anilines is 1. The van der Waals surface area contributed by atoms with E-state index in [9.17, 15) is 0 Å². The van der Waals surface area contributed by atoms with Gasteiger partial charge < -0.3 is 9.73 Å². The number of pyridine rings is 1. The largest absolute Gasteiger partial charge is 0.423 e. The zero-order chi connectivity index (χ0) is 14.7. The summed E-state index contributed by atoms with van der Waals surface area (Å²) in [6, 6.07) is 8.04. The molecule has 0 saturated heterocycles. The molecule has 0 aliphatic carbocycles. The zero-order valence-corrected chi connectivity index (χ0v) is 13.0. The van der Waals surface area contributed by atoms with Crippen LogP contribution >= 0.6 is 15.9 Å². The minimum Gasteiger partial charge on any atom is -0.423 e. The van der Waals surface area contributed by atoms with E-state index in [-0.39, 0.29) is 0 Å². The van der Waals surface area contributed by atoms with Crippen LogP contribution in [-0.2, 0) is 6.54 Å². The maximum absolute atomic E-state index is 5.23. The van der Waals surface area contributed by atoms with Gasteiger partial charge in [-0.1, -0.05) is 6.07 Å². The van der Waals surface area contributed by atoms with Gasteiger partial charge in [-0.05, 0) is 52.2 Å². The third-order valence-corrected chi connectivity index (χ3v) is 3.52. The summed E-state index contributed by atoms with van der Waals surface area (Å²) in [7, 11) is 0. The highest BCUT2D eigenvalue weighted by molar-refractivity contribution is 9.10. The smallest absolute Gasteiger partial charge is 0.247 e. The lowest BCUT2D eigenvalue weighted by molar-refractivity contribution is 0.568. The number of halogens is 1. The average molecular weight is 345 g/mol. The second kappa shape index (κ2) is 6.05. The van der Waals surface area contributed by atoms with Gasteiger partial charge in [0, 0.05) is 34.7 Å². The molecule has 106 valence electrons. The molecule has 0 spiro atoms. The molecule has 2 heterocycles. The Morgan fingerprint density at radius 1 is 1.24 bits per heavy atom. The first-order chi connectivity index (χ1) is 10.2. The highest BCUT2D eigenvalue weighted by Crippen LogP contribution is 2.24. The van der Waals surface area contributed by atoms with Crippen molar-refractivity contribution < 1.29 is 4.42 Å². The molecule has 0 radical (unpaired) electrons. The summed E-state index contributed by atoms with van der Waals surface area (Å²) in [5, 5.41) is 11.0. The second-order valence-electron chi connectivity index (χ2n) is 4.64. The van der Waals surface area contributed by atoms with Crippen molar-refractivity contribution >= 4 is 21.6 Å². The van der Waals surface area contributed by atoms with Gasteiger partial charge in [-0.2, -0.15) is 0 Å². The molecule has 0 bridgehead atoms. The maximum atomic E-state index is 5.23. The predicted molar refractivity (Wildman–Crippen MR) is 83.7 cm³/mol. The second-order valence-corrected chi connectivity index (χ2v) is 5.55. The molecule has 2 aromatic heterocycles. The first-order valence-corrected chi connectivity index (χ1v) is 7.22. The summed E-state index contributed by atoms with van der Waals surface area (Å²) in [6.07, 6.45) is 4.94. The predicted octanol–water partition coefficient (Wildman–Crippen LogP) is 3.81. The minimum atomic E-state index is 0.516. The van der Waals surface area contributed by atoms with Crippen LogP contribution in [0.3, 0.4) is 0 Å². The van der Waals surface area contributed by atoms with Gasteiger partial charge in [0.1, 0.15) is 0 Å². The van der Waals surface area contributed by atoms with Crippen molar-refractivity contribution in [2.24, 2.45) is 0 Å². The van der Waals surface area contributed by atoms with Gasteiger partial charge in [-0.3, -0.25) is 4.98 Å². The van der Waals surface area contributed by atoms with E-state index in [1.165, 1.54) is 6.39 Å². The van der Waals surface area contributed by atoms with Crippen molar-refractivity contribution in [3.8, 4) is 11.5 Å². The molecule has 6 heteroatoms. The van der Waals surface area contributed by atoms with Crippen LogP contribution < -0.4 is 5.32 Å². The Hall–Kier alpha value is -2.21. The van der Waals surface area contributed by atoms with Gasteiger partial charge in [0.05, 0.1) is 0 Å². The van der Waals surface area contributed by atoms with Crippen LogP contribution in [-0.4, -0.2) is 15.2 Å². The first kappa shape index (κ1) is 13.8. The van der Waals surface area contributed by atoms with Crippen molar-refractivity contribution in [1.29, 1.82) is 0 Å². The Labute approximate surface area is 130 Å². The maximum Gasteiger partial charge on any atom is 0.247 e. The van der Waals surface area contributed by atoms with Gasteiger partial charge >= 0.3 is 0 Å². The molecule has 0 amide bonds. The van der Waals surface area contributed by atoms with Gasteiger partial charge in [-0.25, -0.2) is 0 Å². The van der Waals surface area contributed by atoms with E-state index in [1.54, 1.807) is 6.20 Å². The highest BCUT2D eigenvalue weighted by atomic mass is 79.9. The SMILES string of the molecule is Cc1ccc(-c2nnco2)cc1NCc1cncc(Br)c1. The monoisotopic (exact) mass is 344 g/mol. The van der Waals surface area contributed by atoms with E-state index in [2.05, 4.69) is 43.4 Å².